The van der Waals surface area contributed by atoms with E-state index < -0.39 is 12.7 Å². The third-order valence-corrected chi connectivity index (χ3v) is 2.17. The van der Waals surface area contributed by atoms with Crippen molar-refractivity contribution in [1.29, 1.82) is 0 Å². The number of rotatable bonds is 4. The molecule has 0 aliphatic carbocycles. The predicted octanol–water partition coefficient (Wildman–Crippen LogP) is 2.49. The molecule has 0 unspecified atom stereocenters. The molecular weight excluding hydrogens is 257 g/mol. The molecule has 0 spiro atoms. The molecule has 2 N–H and O–H groups in total. The predicted molar refractivity (Wildman–Crippen MR) is 60.0 cm³/mol. The van der Waals surface area contributed by atoms with Gasteiger partial charge in [0.15, 0.2) is 5.82 Å². The Labute approximate surface area is 102 Å². The zero-order chi connectivity index (χ0) is 13.1. The van der Waals surface area contributed by atoms with Crippen LogP contribution in [0.1, 0.15) is 13.3 Å². The van der Waals surface area contributed by atoms with Crippen LogP contribution in [0, 0.1) is 0 Å². The minimum absolute atomic E-state index is 0.0124. The minimum Gasteiger partial charge on any atom is -0.368 e. The van der Waals surface area contributed by atoms with Crippen molar-refractivity contribution in [1.82, 2.24) is 9.97 Å². The van der Waals surface area contributed by atoms with Crippen molar-refractivity contribution in [3.05, 3.63) is 11.2 Å². The lowest BCUT2D eigenvalue weighted by Crippen LogP contribution is -2.35. The normalized spacial score (nSPS) is 11.6. The maximum Gasteiger partial charge on any atom is 0.405 e. The quantitative estimate of drug-likeness (QED) is 0.911. The van der Waals surface area contributed by atoms with E-state index in [0.29, 0.717) is 6.42 Å². The Hall–Kier alpha value is -1.24. The van der Waals surface area contributed by atoms with Crippen molar-refractivity contribution in [3.63, 3.8) is 0 Å². The number of hydrogen-bond donors (Lipinski definition) is 1. The topological polar surface area (TPSA) is 55.0 Å². The summed E-state index contributed by atoms with van der Waals surface area (Å²) >= 11 is 5.77. The SMILES string of the molecule is CCCN(CC(F)(F)F)c1nc(N)ncc1Cl. The largest absolute Gasteiger partial charge is 0.405 e. The van der Waals surface area contributed by atoms with Crippen LogP contribution in [-0.4, -0.2) is 29.2 Å². The van der Waals surface area contributed by atoms with Gasteiger partial charge in [-0.15, -0.1) is 0 Å². The van der Waals surface area contributed by atoms with Crippen LogP contribution in [0.15, 0.2) is 6.20 Å². The zero-order valence-corrected chi connectivity index (χ0v) is 9.89. The van der Waals surface area contributed by atoms with E-state index in [1.165, 1.54) is 6.20 Å². The molecule has 0 saturated carbocycles. The van der Waals surface area contributed by atoms with Crippen molar-refractivity contribution in [2.45, 2.75) is 19.5 Å². The van der Waals surface area contributed by atoms with E-state index >= 15 is 0 Å². The summed E-state index contributed by atoms with van der Waals surface area (Å²) in [6.07, 6.45) is -2.59. The Morgan fingerprint density at radius 1 is 1.47 bits per heavy atom. The van der Waals surface area contributed by atoms with Gasteiger partial charge in [-0.1, -0.05) is 18.5 Å². The Balaban J connectivity index is 3.00. The molecule has 17 heavy (non-hydrogen) atoms. The molecule has 4 nitrogen and oxygen atoms in total. The van der Waals surface area contributed by atoms with Gasteiger partial charge >= 0.3 is 6.18 Å². The van der Waals surface area contributed by atoms with E-state index in [4.69, 9.17) is 17.3 Å². The molecule has 0 aromatic carbocycles. The maximum atomic E-state index is 12.4. The third kappa shape index (κ3) is 4.26. The van der Waals surface area contributed by atoms with Gasteiger partial charge < -0.3 is 10.6 Å². The molecule has 0 amide bonds. The Bertz CT molecular complexity index is 383. The van der Waals surface area contributed by atoms with E-state index in [2.05, 4.69) is 9.97 Å². The van der Waals surface area contributed by atoms with E-state index in [1.807, 2.05) is 0 Å². The molecule has 0 aliphatic heterocycles. The number of halogens is 4. The lowest BCUT2D eigenvalue weighted by atomic mass is 10.3. The fraction of sp³-hybridized carbons (Fsp3) is 0.556. The minimum atomic E-state index is -4.32. The Kier molecular flexibility index (Phi) is 4.39. The van der Waals surface area contributed by atoms with Gasteiger partial charge in [0, 0.05) is 6.54 Å². The first-order valence-electron chi connectivity index (χ1n) is 4.93. The molecule has 0 radical (unpaired) electrons. The molecule has 0 bridgehead atoms. The van der Waals surface area contributed by atoms with Crippen LogP contribution in [-0.2, 0) is 0 Å². The van der Waals surface area contributed by atoms with Crippen LogP contribution in [0.3, 0.4) is 0 Å². The summed E-state index contributed by atoms with van der Waals surface area (Å²) < 4.78 is 37.2. The lowest BCUT2D eigenvalue weighted by Gasteiger charge is -2.25. The molecule has 1 heterocycles. The Morgan fingerprint density at radius 2 is 2.12 bits per heavy atom. The summed E-state index contributed by atoms with van der Waals surface area (Å²) in [5.41, 5.74) is 5.34. The maximum absolute atomic E-state index is 12.4. The van der Waals surface area contributed by atoms with Crippen molar-refractivity contribution in [2.24, 2.45) is 0 Å². The first-order chi connectivity index (χ1) is 7.83. The first-order valence-corrected chi connectivity index (χ1v) is 5.31. The van der Waals surface area contributed by atoms with Crippen molar-refractivity contribution in [3.8, 4) is 0 Å². The highest BCUT2D eigenvalue weighted by molar-refractivity contribution is 6.32. The van der Waals surface area contributed by atoms with E-state index in [0.717, 1.165) is 4.90 Å². The number of hydrogen-bond acceptors (Lipinski definition) is 4. The molecule has 1 rings (SSSR count). The molecule has 1 aromatic rings. The molecule has 96 valence electrons. The summed E-state index contributed by atoms with van der Waals surface area (Å²) in [5.74, 6) is -0.0916. The van der Waals surface area contributed by atoms with E-state index in [1.54, 1.807) is 6.92 Å². The smallest absolute Gasteiger partial charge is 0.368 e. The van der Waals surface area contributed by atoms with Gasteiger partial charge in [0.1, 0.15) is 11.6 Å². The van der Waals surface area contributed by atoms with Gasteiger partial charge in [-0.25, -0.2) is 4.98 Å². The first kappa shape index (κ1) is 13.8. The van der Waals surface area contributed by atoms with Gasteiger partial charge in [-0.3, -0.25) is 0 Å². The van der Waals surface area contributed by atoms with Crippen LogP contribution < -0.4 is 10.6 Å². The van der Waals surface area contributed by atoms with Gasteiger partial charge in [-0.05, 0) is 6.42 Å². The third-order valence-electron chi connectivity index (χ3n) is 1.91. The fourth-order valence-electron chi connectivity index (χ4n) is 1.34. The molecule has 8 heteroatoms. The van der Waals surface area contributed by atoms with Gasteiger partial charge in [-0.2, -0.15) is 18.2 Å². The van der Waals surface area contributed by atoms with Crippen LogP contribution >= 0.6 is 11.6 Å². The highest BCUT2D eigenvalue weighted by atomic mass is 35.5. The van der Waals surface area contributed by atoms with Crippen LogP contribution in [0.5, 0.6) is 0 Å². The van der Waals surface area contributed by atoms with E-state index in [9.17, 15) is 13.2 Å². The molecule has 0 aliphatic rings. The summed E-state index contributed by atoms with van der Waals surface area (Å²) in [7, 11) is 0. The number of alkyl halides is 3. The molecule has 0 saturated heterocycles. The molecule has 1 aromatic heterocycles. The number of anilines is 2. The summed E-state index contributed by atoms with van der Waals surface area (Å²) in [6.45, 7) is 0.842. The van der Waals surface area contributed by atoms with Crippen LogP contribution in [0.25, 0.3) is 0 Å². The molecular formula is C9H12ClF3N4. The summed E-state index contributed by atoms with van der Waals surface area (Å²) in [6, 6.07) is 0. The average Bonchev–Trinajstić information content (AvgIpc) is 2.19. The second-order valence-electron chi connectivity index (χ2n) is 3.44. The van der Waals surface area contributed by atoms with Gasteiger partial charge in [0.05, 0.1) is 6.20 Å². The highest BCUT2D eigenvalue weighted by Crippen LogP contribution is 2.26. The zero-order valence-electron chi connectivity index (χ0n) is 9.13. The van der Waals surface area contributed by atoms with Crippen molar-refractivity contribution >= 4 is 23.4 Å². The monoisotopic (exact) mass is 268 g/mol. The number of aromatic nitrogens is 2. The van der Waals surface area contributed by atoms with Gasteiger partial charge in [0.2, 0.25) is 5.95 Å². The van der Waals surface area contributed by atoms with Crippen LogP contribution in [0.4, 0.5) is 24.9 Å². The standard InChI is InChI=1S/C9H12ClF3N4/c1-2-3-17(5-9(11,12)13)7-6(10)4-15-8(14)16-7/h4H,2-3,5H2,1H3,(H2,14,15,16). The molecule has 0 fully saturated rings. The van der Waals surface area contributed by atoms with Crippen molar-refractivity contribution in [2.75, 3.05) is 23.7 Å². The summed E-state index contributed by atoms with van der Waals surface area (Å²) in [5, 5.41) is 0.0527. The number of nitrogens with two attached hydrogens (primary N) is 1. The highest BCUT2D eigenvalue weighted by Gasteiger charge is 2.31. The van der Waals surface area contributed by atoms with Gasteiger partial charge in [0.25, 0.3) is 0 Å². The molecule has 0 atom stereocenters. The average molecular weight is 269 g/mol. The Morgan fingerprint density at radius 3 is 2.65 bits per heavy atom. The second kappa shape index (κ2) is 5.39. The van der Waals surface area contributed by atoms with Crippen LogP contribution in [0.2, 0.25) is 5.02 Å². The van der Waals surface area contributed by atoms with Crippen molar-refractivity contribution < 1.29 is 13.2 Å². The summed E-state index contributed by atoms with van der Waals surface area (Å²) in [4.78, 5) is 8.38. The fourth-order valence-corrected chi connectivity index (χ4v) is 1.55. The van der Waals surface area contributed by atoms with E-state index in [-0.39, 0.29) is 23.3 Å². The second-order valence-corrected chi connectivity index (χ2v) is 3.84. The number of nitrogen functional groups attached to an aromatic ring is 1. The lowest BCUT2D eigenvalue weighted by molar-refractivity contribution is -0.119. The number of nitrogens with zero attached hydrogens (tertiary/aromatic N) is 3.